The van der Waals surface area contributed by atoms with Crippen molar-refractivity contribution in [2.24, 2.45) is 5.92 Å². The number of aromatic amines is 2. The predicted molar refractivity (Wildman–Crippen MR) is 145 cm³/mol. The number of hydrogen-bond donors (Lipinski definition) is 2. The highest BCUT2D eigenvalue weighted by Crippen LogP contribution is 2.36. The van der Waals surface area contributed by atoms with Crippen LogP contribution in [0, 0.1) is 5.92 Å². The molecule has 2 aliphatic heterocycles. The number of pyridine rings is 2. The van der Waals surface area contributed by atoms with E-state index < -0.39 is 24.5 Å². The van der Waals surface area contributed by atoms with Crippen LogP contribution in [0.15, 0.2) is 41.5 Å². The summed E-state index contributed by atoms with van der Waals surface area (Å²) in [5, 5.41) is 8.46. The summed E-state index contributed by atoms with van der Waals surface area (Å²) in [5.74, 6) is -2.05. The summed E-state index contributed by atoms with van der Waals surface area (Å²) in [6.45, 7) is -0.926. The number of carbonyl (C=O) groups is 2. The van der Waals surface area contributed by atoms with E-state index >= 15 is 0 Å². The van der Waals surface area contributed by atoms with Crippen molar-refractivity contribution < 1.29 is 22.8 Å². The maximum Gasteiger partial charge on any atom is 0.406 e. The van der Waals surface area contributed by atoms with Gasteiger partial charge >= 0.3 is 6.18 Å². The highest BCUT2D eigenvalue weighted by Gasteiger charge is 2.39. The molecule has 2 N–H and O–H groups in total. The Morgan fingerprint density at radius 2 is 1.95 bits per heavy atom. The largest absolute Gasteiger partial charge is 0.406 e. The van der Waals surface area contributed by atoms with E-state index in [9.17, 15) is 27.6 Å². The van der Waals surface area contributed by atoms with Crippen molar-refractivity contribution in [2.45, 2.75) is 44.3 Å². The van der Waals surface area contributed by atoms with Crippen LogP contribution < -0.4 is 5.56 Å². The van der Waals surface area contributed by atoms with E-state index in [1.165, 1.54) is 6.20 Å². The number of alkyl halides is 3. The van der Waals surface area contributed by atoms with Gasteiger partial charge in [-0.15, -0.1) is 0 Å². The van der Waals surface area contributed by atoms with Crippen molar-refractivity contribution in [3.8, 4) is 0 Å². The first-order valence-corrected chi connectivity index (χ1v) is 13.7. The third kappa shape index (κ3) is 5.40. The Balaban J connectivity index is 1.20. The minimum atomic E-state index is -4.60. The summed E-state index contributed by atoms with van der Waals surface area (Å²) >= 11 is 6.40. The molecule has 1 fully saturated rings. The van der Waals surface area contributed by atoms with E-state index in [2.05, 4.69) is 20.2 Å². The second kappa shape index (κ2) is 10.5. The molecule has 0 saturated carbocycles. The third-order valence-electron chi connectivity index (χ3n) is 8.09. The molecule has 0 radical (unpaired) electrons. The summed E-state index contributed by atoms with van der Waals surface area (Å²) in [6, 6.07) is 7.14. The van der Waals surface area contributed by atoms with E-state index in [1.807, 2.05) is 12.1 Å². The molecule has 1 atom stereocenters. The first kappa shape index (κ1) is 27.3. The monoisotopic (exact) mass is 586 g/mol. The molecule has 0 aliphatic carbocycles. The molecule has 0 bridgehead atoms. The first-order valence-electron chi connectivity index (χ1n) is 13.3. The molecule has 2 aliphatic rings. The van der Waals surface area contributed by atoms with Crippen LogP contribution in [0.3, 0.4) is 0 Å². The standard InChI is InChI=1S/C28H26ClF3N6O3/c29-22-10-17-8-18(27(41)38(14-28(30,31)32)13-21(17)20-12-34-36-24(20)22)11-23(39)37-6-3-15(4-7-37)19-9-16-2-1-5-33-25(16)35-26(19)40/h1-2,5,9-10,12,15,18H,3-4,6-8,11,13-14H2,(H,34,36)(H,33,35,40)/t18-/m0/s1. The first-order chi connectivity index (χ1) is 19.6. The fourth-order valence-electron chi connectivity index (χ4n) is 6.08. The maximum atomic E-state index is 13.5. The van der Waals surface area contributed by atoms with Gasteiger partial charge in [-0.2, -0.15) is 18.3 Å². The molecule has 3 aromatic heterocycles. The van der Waals surface area contributed by atoms with Gasteiger partial charge < -0.3 is 14.8 Å². The molecular formula is C28H26ClF3N6O3. The van der Waals surface area contributed by atoms with Crippen LogP contribution in [-0.4, -0.2) is 67.6 Å². The molecule has 0 unspecified atom stereocenters. The van der Waals surface area contributed by atoms with Crippen molar-refractivity contribution in [2.75, 3.05) is 19.6 Å². The number of carbonyl (C=O) groups excluding carboxylic acids is 2. The summed E-state index contributed by atoms with van der Waals surface area (Å²) < 4.78 is 40.4. The van der Waals surface area contributed by atoms with E-state index in [4.69, 9.17) is 11.6 Å². The van der Waals surface area contributed by atoms with Crippen molar-refractivity contribution in [1.29, 1.82) is 0 Å². The summed E-state index contributed by atoms with van der Waals surface area (Å²) in [5.41, 5.74) is 2.60. The fraction of sp³-hybridized carbons (Fsp3) is 0.393. The molecule has 0 spiro atoms. The van der Waals surface area contributed by atoms with Crippen molar-refractivity contribution in [3.05, 3.63) is 68.7 Å². The molecule has 5 heterocycles. The maximum absolute atomic E-state index is 13.5. The summed E-state index contributed by atoms with van der Waals surface area (Å²) in [6.07, 6.45) is -0.536. The van der Waals surface area contributed by atoms with Gasteiger partial charge in [0, 0.05) is 48.6 Å². The molecule has 9 nitrogen and oxygen atoms in total. The fourth-order valence-corrected chi connectivity index (χ4v) is 6.35. The summed E-state index contributed by atoms with van der Waals surface area (Å²) in [4.78, 5) is 48.8. The quantitative estimate of drug-likeness (QED) is 0.370. The number of fused-ring (bicyclic) bond motifs is 4. The van der Waals surface area contributed by atoms with Crippen LogP contribution in [0.2, 0.25) is 5.02 Å². The van der Waals surface area contributed by atoms with E-state index in [0.717, 1.165) is 10.3 Å². The van der Waals surface area contributed by atoms with Crippen LogP contribution in [0.1, 0.15) is 41.9 Å². The molecule has 13 heteroatoms. The Labute approximate surface area is 236 Å². The lowest BCUT2D eigenvalue weighted by Crippen LogP contribution is -2.44. The Bertz CT molecular complexity index is 1710. The van der Waals surface area contributed by atoms with Crippen LogP contribution in [-0.2, 0) is 22.6 Å². The average molecular weight is 587 g/mol. The number of piperidine rings is 1. The molecule has 4 aromatic rings. The number of aromatic nitrogens is 4. The zero-order valence-electron chi connectivity index (χ0n) is 21.8. The number of amides is 2. The zero-order valence-corrected chi connectivity index (χ0v) is 22.6. The Morgan fingerprint density at radius 3 is 2.71 bits per heavy atom. The molecule has 41 heavy (non-hydrogen) atoms. The number of benzene rings is 1. The van der Waals surface area contributed by atoms with Crippen LogP contribution in [0.5, 0.6) is 0 Å². The minimum absolute atomic E-state index is 0.0550. The van der Waals surface area contributed by atoms with Gasteiger partial charge in [0.25, 0.3) is 5.56 Å². The van der Waals surface area contributed by atoms with E-state index in [1.54, 1.807) is 23.2 Å². The normalized spacial score (nSPS) is 18.6. The predicted octanol–water partition coefficient (Wildman–Crippen LogP) is 4.31. The van der Waals surface area contributed by atoms with Gasteiger partial charge in [-0.05, 0) is 60.6 Å². The Kier molecular flexibility index (Phi) is 6.96. The SMILES string of the molecule is O=C(C[C@@H]1Cc2cc(Cl)c3[nH]ncc3c2CN(CC(F)(F)F)C1=O)N1CCC(c2cc3cccnc3[nH]c2=O)CC1. The lowest BCUT2D eigenvalue weighted by molar-refractivity contribution is -0.165. The van der Waals surface area contributed by atoms with Gasteiger partial charge in [-0.3, -0.25) is 19.5 Å². The van der Waals surface area contributed by atoms with Gasteiger partial charge in [0.15, 0.2) is 0 Å². The number of likely N-dealkylation sites (tertiary alicyclic amines) is 1. The van der Waals surface area contributed by atoms with Gasteiger partial charge in [0.05, 0.1) is 22.7 Å². The minimum Gasteiger partial charge on any atom is -0.343 e. The Morgan fingerprint density at radius 1 is 1.17 bits per heavy atom. The average Bonchev–Trinajstić information content (AvgIpc) is 3.39. The number of rotatable bonds is 4. The lowest BCUT2D eigenvalue weighted by Gasteiger charge is -2.33. The van der Waals surface area contributed by atoms with Gasteiger partial charge in [-0.1, -0.05) is 11.6 Å². The van der Waals surface area contributed by atoms with Gasteiger partial charge in [0.2, 0.25) is 11.8 Å². The van der Waals surface area contributed by atoms with Crippen molar-refractivity contribution >= 4 is 45.4 Å². The molecule has 2 amide bonds. The van der Waals surface area contributed by atoms with Gasteiger partial charge in [0.1, 0.15) is 12.2 Å². The number of hydrogen-bond acceptors (Lipinski definition) is 5. The molecule has 214 valence electrons. The third-order valence-corrected chi connectivity index (χ3v) is 8.39. The molecular weight excluding hydrogens is 561 g/mol. The molecule has 6 rings (SSSR count). The Hall–Kier alpha value is -3.93. The van der Waals surface area contributed by atoms with Crippen LogP contribution in [0.4, 0.5) is 13.2 Å². The summed E-state index contributed by atoms with van der Waals surface area (Å²) in [7, 11) is 0. The second-order valence-corrected chi connectivity index (χ2v) is 11.1. The highest BCUT2D eigenvalue weighted by molar-refractivity contribution is 6.35. The second-order valence-electron chi connectivity index (χ2n) is 10.7. The van der Waals surface area contributed by atoms with Gasteiger partial charge in [-0.25, -0.2) is 4.98 Å². The number of nitrogens with one attached hydrogen (secondary N) is 2. The molecule has 1 saturated heterocycles. The van der Waals surface area contributed by atoms with E-state index in [0.29, 0.717) is 64.2 Å². The van der Waals surface area contributed by atoms with Crippen LogP contribution in [0.25, 0.3) is 21.9 Å². The smallest absolute Gasteiger partial charge is 0.343 e. The van der Waals surface area contributed by atoms with Crippen molar-refractivity contribution in [3.63, 3.8) is 0 Å². The topological polar surface area (TPSA) is 115 Å². The number of nitrogens with zero attached hydrogens (tertiary/aromatic N) is 4. The number of H-pyrrole nitrogens is 2. The zero-order chi connectivity index (χ0) is 28.9. The van der Waals surface area contributed by atoms with Crippen molar-refractivity contribution in [1.82, 2.24) is 30.0 Å². The van der Waals surface area contributed by atoms with Crippen LogP contribution >= 0.6 is 11.6 Å². The molecule has 1 aromatic carbocycles. The lowest BCUT2D eigenvalue weighted by atomic mass is 9.88. The van der Waals surface area contributed by atoms with E-state index in [-0.39, 0.29) is 36.8 Å². The number of halogens is 4. The highest BCUT2D eigenvalue weighted by atomic mass is 35.5.